The number of benzene rings is 6. The Balaban J connectivity index is 1.48. The lowest BCUT2D eigenvalue weighted by molar-refractivity contribution is 0.483. The number of ether oxygens (including phenoxy) is 1. The standard InChI is InChI=1S/C32H19NO2/c1-3-9-23-20(7-1)14-17-30-31(23)33(27-16-13-21-8-2-4-10-24(21)32(27)35-30)22-15-18-29-26(19-22)25-11-5-6-12-28(25)34-29/h1-19H. The van der Waals surface area contributed by atoms with Gasteiger partial charge in [0.15, 0.2) is 11.5 Å². The monoisotopic (exact) mass is 449 g/mol. The van der Waals surface area contributed by atoms with Crippen LogP contribution in [0, 0.1) is 0 Å². The first kappa shape index (κ1) is 18.6. The second kappa shape index (κ2) is 6.87. The van der Waals surface area contributed by atoms with Crippen molar-refractivity contribution in [3.63, 3.8) is 0 Å². The number of fused-ring (bicyclic) bond motifs is 9. The SMILES string of the molecule is c1ccc2c3c(ccc2c1)N(c1ccc2oc4ccccc4c2c1)c1c(ccc2ccccc12)O3. The molecule has 8 rings (SSSR count). The summed E-state index contributed by atoms with van der Waals surface area (Å²) in [5.41, 5.74) is 4.94. The fraction of sp³-hybridized carbons (Fsp3) is 0. The molecule has 3 heteroatoms. The first-order valence-electron chi connectivity index (χ1n) is 11.8. The van der Waals surface area contributed by atoms with E-state index in [1.807, 2.05) is 12.1 Å². The average Bonchev–Trinajstić information content (AvgIpc) is 3.29. The molecule has 2 heterocycles. The highest BCUT2D eigenvalue weighted by molar-refractivity contribution is 6.10. The van der Waals surface area contributed by atoms with Crippen molar-refractivity contribution in [3.8, 4) is 11.5 Å². The van der Waals surface area contributed by atoms with Gasteiger partial charge in [-0.25, -0.2) is 0 Å². The number of anilines is 3. The molecule has 0 amide bonds. The second-order valence-corrected chi connectivity index (χ2v) is 8.98. The van der Waals surface area contributed by atoms with Crippen molar-refractivity contribution in [3.05, 3.63) is 115 Å². The summed E-state index contributed by atoms with van der Waals surface area (Å²) in [7, 11) is 0. The van der Waals surface area contributed by atoms with Gasteiger partial charge in [0.1, 0.15) is 11.2 Å². The molecular formula is C32H19NO2. The Morgan fingerprint density at radius 3 is 2.09 bits per heavy atom. The van der Waals surface area contributed by atoms with Crippen molar-refractivity contribution in [2.75, 3.05) is 4.90 Å². The lowest BCUT2D eigenvalue weighted by Gasteiger charge is -2.34. The number of hydrogen-bond acceptors (Lipinski definition) is 3. The molecular weight excluding hydrogens is 430 g/mol. The molecule has 0 spiro atoms. The Kier molecular flexibility index (Phi) is 3.66. The van der Waals surface area contributed by atoms with E-state index >= 15 is 0 Å². The molecule has 1 aliphatic rings. The molecule has 3 nitrogen and oxygen atoms in total. The molecule has 6 aromatic carbocycles. The van der Waals surface area contributed by atoms with Gasteiger partial charge >= 0.3 is 0 Å². The van der Waals surface area contributed by atoms with Gasteiger partial charge in [-0.1, -0.05) is 78.9 Å². The summed E-state index contributed by atoms with van der Waals surface area (Å²) in [5, 5.41) is 6.82. The van der Waals surface area contributed by atoms with Gasteiger partial charge in [0.2, 0.25) is 0 Å². The third kappa shape index (κ3) is 2.61. The van der Waals surface area contributed by atoms with Gasteiger partial charge in [0.25, 0.3) is 0 Å². The summed E-state index contributed by atoms with van der Waals surface area (Å²) in [6.45, 7) is 0. The van der Waals surface area contributed by atoms with Crippen LogP contribution in [0.15, 0.2) is 120 Å². The predicted octanol–water partition coefficient (Wildman–Crippen LogP) is 9.47. The van der Waals surface area contributed by atoms with Crippen LogP contribution < -0.4 is 9.64 Å². The smallest absolute Gasteiger partial charge is 0.159 e. The van der Waals surface area contributed by atoms with Crippen LogP contribution in [-0.4, -0.2) is 0 Å². The third-order valence-electron chi connectivity index (χ3n) is 7.02. The first-order valence-corrected chi connectivity index (χ1v) is 11.8. The molecule has 0 unspecified atom stereocenters. The van der Waals surface area contributed by atoms with Gasteiger partial charge in [-0.05, 0) is 47.2 Å². The summed E-state index contributed by atoms with van der Waals surface area (Å²) < 4.78 is 12.8. The zero-order chi connectivity index (χ0) is 22.9. The van der Waals surface area contributed by atoms with E-state index < -0.39 is 0 Å². The summed E-state index contributed by atoms with van der Waals surface area (Å²) in [6, 6.07) is 40.1. The fourth-order valence-electron chi connectivity index (χ4n) is 5.41. The number of hydrogen-bond donors (Lipinski definition) is 0. The van der Waals surface area contributed by atoms with Crippen LogP contribution in [-0.2, 0) is 0 Å². The minimum absolute atomic E-state index is 0.852. The lowest BCUT2D eigenvalue weighted by atomic mass is 10.0. The number of nitrogens with zero attached hydrogens (tertiary/aromatic N) is 1. The highest BCUT2D eigenvalue weighted by Gasteiger charge is 2.29. The zero-order valence-electron chi connectivity index (χ0n) is 18.7. The maximum atomic E-state index is 6.63. The van der Waals surface area contributed by atoms with Crippen LogP contribution in [0.5, 0.6) is 11.5 Å². The Bertz CT molecular complexity index is 1950. The van der Waals surface area contributed by atoms with Crippen molar-refractivity contribution < 1.29 is 9.15 Å². The van der Waals surface area contributed by atoms with Crippen LogP contribution in [0.25, 0.3) is 43.5 Å². The van der Waals surface area contributed by atoms with Gasteiger partial charge in [-0.3, -0.25) is 0 Å². The number of rotatable bonds is 1. The number of para-hydroxylation sites is 1. The molecule has 0 bridgehead atoms. The van der Waals surface area contributed by atoms with E-state index in [0.29, 0.717) is 0 Å². The van der Waals surface area contributed by atoms with Crippen LogP contribution in [0.2, 0.25) is 0 Å². The molecule has 0 radical (unpaired) electrons. The lowest BCUT2D eigenvalue weighted by Crippen LogP contribution is -2.16. The molecule has 0 atom stereocenters. The molecule has 7 aromatic rings. The molecule has 35 heavy (non-hydrogen) atoms. The Labute approximate surface area is 201 Å². The maximum absolute atomic E-state index is 6.63. The van der Waals surface area contributed by atoms with Gasteiger partial charge in [-0.2, -0.15) is 0 Å². The summed E-state index contributed by atoms with van der Waals surface area (Å²) in [5.74, 6) is 1.73. The molecule has 0 saturated heterocycles. The van der Waals surface area contributed by atoms with E-state index in [9.17, 15) is 0 Å². The quantitative estimate of drug-likeness (QED) is 0.249. The molecule has 1 aliphatic heterocycles. The van der Waals surface area contributed by atoms with E-state index in [1.165, 1.54) is 5.39 Å². The first-order chi connectivity index (χ1) is 17.3. The van der Waals surface area contributed by atoms with Crippen LogP contribution in [0.1, 0.15) is 0 Å². The average molecular weight is 450 g/mol. The Morgan fingerprint density at radius 2 is 1.20 bits per heavy atom. The van der Waals surface area contributed by atoms with Crippen LogP contribution in [0.4, 0.5) is 17.1 Å². The predicted molar refractivity (Wildman–Crippen MR) is 143 cm³/mol. The van der Waals surface area contributed by atoms with Gasteiger partial charge in [0.05, 0.1) is 11.4 Å². The van der Waals surface area contributed by atoms with E-state index in [0.717, 1.165) is 66.7 Å². The van der Waals surface area contributed by atoms with Gasteiger partial charge in [-0.15, -0.1) is 0 Å². The zero-order valence-corrected chi connectivity index (χ0v) is 18.7. The molecule has 0 N–H and O–H groups in total. The Morgan fingerprint density at radius 1 is 0.514 bits per heavy atom. The van der Waals surface area contributed by atoms with Crippen LogP contribution in [0.3, 0.4) is 0 Å². The third-order valence-corrected chi connectivity index (χ3v) is 7.02. The van der Waals surface area contributed by atoms with Crippen molar-refractivity contribution in [1.82, 2.24) is 0 Å². The minimum atomic E-state index is 0.852. The molecule has 1 aromatic heterocycles. The molecule has 0 aliphatic carbocycles. The maximum Gasteiger partial charge on any atom is 0.159 e. The summed E-state index contributed by atoms with van der Waals surface area (Å²) >= 11 is 0. The van der Waals surface area contributed by atoms with Crippen molar-refractivity contribution >= 4 is 60.5 Å². The van der Waals surface area contributed by atoms with E-state index in [4.69, 9.17) is 9.15 Å². The molecule has 0 fully saturated rings. The van der Waals surface area contributed by atoms with Crippen molar-refractivity contribution in [1.29, 1.82) is 0 Å². The van der Waals surface area contributed by atoms with E-state index in [1.54, 1.807) is 0 Å². The van der Waals surface area contributed by atoms with Gasteiger partial charge in [0, 0.05) is 27.2 Å². The fourth-order valence-corrected chi connectivity index (χ4v) is 5.41. The van der Waals surface area contributed by atoms with Crippen molar-refractivity contribution in [2.45, 2.75) is 0 Å². The highest BCUT2D eigenvalue weighted by Crippen LogP contribution is 2.55. The van der Waals surface area contributed by atoms with E-state index in [-0.39, 0.29) is 0 Å². The summed E-state index contributed by atoms with van der Waals surface area (Å²) in [6.07, 6.45) is 0. The Hall–Kier alpha value is -4.76. The van der Waals surface area contributed by atoms with Gasteiger partial charge < -0.3 is 14.1 Å². The summed E-state index contributed by atoms with van der Waals surface area (Å²) in [4.78, 5) is 2.34. The highest BCUT2D eigenvalue weighted by atomic mass is 16.5. The van der Waals surface area contributed by atoms with Crippen molar-refractivity contribution in [2.24, 2.45) is 0 Å². The number of furan rings is 1. The largest absolute Gasteiger partial charge is 0.456 e. The second-order valence-electron chi connectivity index (χ2n) is 8.98. The van der Waals surface area contributed by atoms with E-state index in [2.05, 4.69) is 108 Å². The molecule has 0 saturated carbocycles. The minimum Gasteiger partial charge on any atom is -0.456 e. The topological polar surface area (TPSA) is 25.6 Å². The van der Waals surface area contributed by atoms with Crippen LogP contribution >= 0.6 is 0 Å². The molecule has 164 valence electrons. The normalized spacial score (nSPS) is 12.7.